The molecule has 8 amide bonds. The number of guanidine groups is 8. The summed E-state index contributed by atoms with van der Waals surface area (Å²) < 4.78 is 0. The van der Waals surface area contributed by atoms with Gasteiger partial charge in [0, 0.05) is 58.8 Å². The van der Waals surface area contributed by atoms with Crippen LogP contribution < -0.4 is 134 Å². The van der Waals surface area contributed by atoms with Crippen molar-refractivity contribution in [3.05, 3.63) is 0 Å². The molecule has 42 nitrogen and oxygen atoms in total. The van der Waals surface area contributed by atoms with Crippen molar-refractivity contribution in [2.45, 2.75) is 261 Å². The number of carbonyl (C=O) groups is 9. The average Bonchev–Trinajstić information content (AvgIpc) is 0.855. The van der Waals surface area contributed by atoms with Crippen LogP contribution in [0.2, 0.25) is 0 Å². The van der Waals surface area contributed by atoms with Gasteiger partial charge in [-0.15, -0.1) is 0 Å². The number of aliphatic carboxylic acids is 1. The van der Waals surface area contributed by atoms with Gasteiger partial charge < -0.3 is 139 Å². The van der Waals surface area contributed by atoms with Gasteiger partial charge in [0.15, 0.2) is 47.7 Å². The second-order valence-corrected chi connectivity index (χ2v) is 26.2. The van der Waals surface area contributed by atoms with Gasteiger partial charge in [-0.3, -0.25) is 78.3 Å². The highest BCUT2D eigenvalue weighted by Crippen LogP contribution is 2.16. The quantitative estimate of drug-likeness (QED) is 0.0154. The summed E-state index contributed by atoms with van der Waals surface area (Å²) in [6, 6.07) is -11.6. The highest BCUT2D eigenvalue weighted by molar-refractivity contribution is 5.98. The molecule has 0 saturated heterocycles. The van der Waals surface area contributed by atoms with Crippen molar-refractivity contribution in [2.24, 2.45) is 132 Å². The maximum Gasteiger partial charge on any atom is 0.326 e. The highest BCUT2D eigenvalue weighted by Gasteiger charge is 2.35. The Hall–Kier alpha value is -10.6. The number of unbranched alkanes of at least 4 members (excludes halogenated alkanes) is 14. The van der Waals surface area contributed by atoms with E-state index in [1.54, 1.807) is 0 Å². The number of nitrogens with two attached hydrogens (primary N) is 16. The molecular weight excluding hydrogens is 1400 g/mol. The first-order valence-corrected chi connectivity index (χ1v) is 37.4. The molecule has 0 aliphatic rings. The Morgan fingerprint density at radius 1 is 0.231 bits per heavy atom. The fraction of sp³-hybridized carbons (Fsp3) is 0.742. The Kier molecular flexibility index (Phi) is 54.6. The van der Waals surface area contributed by atoms with E-state index in [0.717, 1.165) is 25.7 Å². The van der Waals surface area contributed by atoms with Crippen molar-refractivity contribution in [1.82, 2.24) is 42.5 Å². The first-order chi connectivity index (χ1) is 51.4. The van der Waals surface area contributed by atoms with E-state index in [4.69, 9.17) is 91.7 Å². The maximum atomic E-state index is 14.9. The molecule has 616 valence electrons. The lowest BCUT2D eigenvalue weighted by atomic mass is 10.0. The van der Waals surface area contributed by atoms with Gasteiger partial charge >= 0.3 is 5.97 Å². The minimum atomic E-state index is -1.54. The molecule has 0 aromatic rings. The number of nitrogens with zero attached hydrogens (tertiary/aromatic N) is 8. The summed E-state index contributed by atoms with van der Waals surface area (Å²) >= 11 is 0. The van der Waals surface area contributed by atoms with Crippen LogP contribution in [0.25, 0.3) is 0 Å². The smallest absolute Gasteiger partial charge is 0.326 e. The van der Waals surface area contributed by atoms with Gasteiger partial charge in [-0.25, -0.2) is 4.79 Å². The van der Waals surface area contributed by atoms with Gasteiger partial charge in [0.2, 0.25) is 47.3 Å². The van der Waals surface area contributed by atoms with Gasteiger partial charge in [0.05, 0.1) is 0 Å². The van der Waals surface area contributed by atoms with Gasteiger partial charge in [-0.2, -0.15) is 0 Å². The Labute approximate surface area is 634 Å². The van der Waals surface area contributed by atoms with Crippen molar-refractivity contribution in [2.75, 3.05) is 52.4 Å². The Bertz CT molecular complexity index is 2900. The van der Waals surface area contributed by atoms with E-state index in [9.17, 15) is 48.3 Å². The molecular formula is C66H132N32O10. The normalized spacial score (nSPS) is 13.0. The van der Waals surface area contributed by atoms with Crippen LogP contribution in [0.1, 0.15) is 212 Å². The van der Waals surface area contributed by atoms with E-state index >= 15 is 0 Å². The average molecular weight is 1530 g/mol. The third kappa shape index (κ3) is 53.2. The van der Waals surface area contributed by atoms with Crippen LogP contribution in [-0.2, 0) is 43.2 Å². The minimum absolute atomic E-state index is 0.00972. The molecule has 0 rings (SSSR count). The summed E-state index contributed by atoms with van der Waals surface area (Å²) in [6.45, 7) is 2.19. The lowest BCUT2D eigenvalue weighted by molar-refractivity contribution is -0.142. The molecule has 42 heteroatoms. The van der Waals surface area contributed by atoms with E-state index in [1.165, 1.54) is 64.2 Å². The molecule has 8 atom stereocenters. The van der Waals surface area contributed by atoms with Gasteiger partial charge in [0.1, 0.15) is 48.3 Å². The number of aliphatic imine (C=N–C) groups is 8. The van der Waals surface area contributed by atoms with E-state index in [2.05, 4.69) is 89.4 Å². The van der Waals surface area contributed by atoms with E-state index in [1.807, 2.05) is 0 Å². The Balaban J connectivity index is 7.43. The first kappa shape index (κ1) is 97.4. The standard InChI is InChI=1S/C66H132N32O10/c1-2-3-4-5-6-7-8-9-10-11-12-13-14-15-16-33-50(99)91-42(25-17-34-83-59(67)68)51(100)92-43(26-18-35-84-60(69)70)52(101)93-44(27-19-36-85-61(71)72)53(102)94-45(28-20-37-86-62(73)74)54(103)95-46(29-21-38-87-63(75)76)55(104)96-47(30-22-39-88-64(77)78)56(105)97-48(31-23-40-89-65(79)80)57(106)98-49(58(107)108)32-24-41-90-66(81)82/h42-49H,2-41H2,1H3,(H,91,99)(H,92,100)(H,93,101)(H,94,102)(H,95,103)(H,96,104)(H,97,105)(H,98,106)(H,107,108)(H4,67,68,83)(H4,69,70,84)(H4,71,72,85)(H4,73,74,86)(H4,75,76,87)(H4,77,78,88)(H4,79,80,89)(H4,81,82,90)/t42-,43-,44-,45-,46-,47-,48-,49-/m0/s1. The van der Waals surface area contributed by atoms with Crippen molar-refractivity contribution in [3.63, 3.8) is 0 Å². The molecule has 0 unspecified atom stereocenters. The summed E-state index contributed by atoms with van der Waals surface area (Å²) in [7, 11) is 0. The SMILES string of the molecule is CCCCCCCCCCCCCCCCCC(=O)N[C@@H](CCCN=C(N)N)C(=O)N[C@@H](CCCN=C(N)N)C(=O)N[C@@H](CCCN=C(N)N)C(=O)N[C@@H](CCCN=C(N)N)C(=O)N[C@@H](CCCN=C(N)N)C(=O)N[C@@H](CCCN=C(N)N)C(=O)N[C@@H](CCCN=C(N)N)C(=O)N[C@@H](CCCN=C(N)N)C(=O)O. The summed E-state index contributed by atoms with van der Waals surface area (Å²) in [5, 5.41) is 31.4. The lowest BCUT2D eigenvalue weighted by Gasteiger charge is -2.28. The fourth-order valence-corrected chi connectivity index (χ4v) is 11.0. The van der Waals surface area contributed by atoms with E-state index < -0.39 is 95.7 Å². The zero-order valence-corrected chi connectivity index (χ0v) is 63.3. The molecule has 0 heterocycles. The Morgan fingerprint density at radius 3 is 0.565 bits per heavy atom. The van der Waals surface area contributed by atoms with Gasteiger partial charge in [-0.05, 0) is 109 Å². The minimum Gasteiger partial charge on any atom is -0.480 e. The van der Waals surface area contributed by atoms with Crippen molar-refractivity contribution >= 4 is 101 Å². The van der Waals surface area contributed by atoms with Crippen LogP contribution in [-0.4, -0.2) is 207 Å². The van der Waals surface area contributed by atoms with Crippen LogP contribution in [0.4, 0.5) is 0 Å². The molecule has 0 aliphatic carbocycles. The monoisotopic (exact) mass is 1530 g/mol. The molecule has 0 radical (unpaired) electrons. The molecule has 41 N–H and O–H groups in total. The summed E-state index contributed by atoms with van der Waals surface area (Å²) in [5.41, 5.74) is 89.3. The van der Waals surface area contributed by atoms with E-state index in [-0.39, 0.29) is 215 Å². The predicted molar refractivity (Wildman–Crippen MR) is 422 cm³/mol. The zero-order valence-electron chi connectivity index (χ0n) is 63.3. The number of hydrogen-bond acceptors (Lipinski definition) is 17. The summed E-state index contributed by atoms with van der Waals surface area (Å²) in [5.74, 6) is -10.2. The topological polar surface area (TPSA) is 785 Å². The highest BCUT2D eigenvalue weighted by atomic mass is 16.4. The number of carboxylic acid groups (broad SMARTS) is 1. The Morgan fingerprint density at radius 2 is 0.389 bits per heavy atom. The number of carboxylic acids is 1. The molecule has 0 saturated carbocycles. The predicted octanol–water partition coefficient (Wildman–Crippen LogP) is -5.36. The number of amides is 8. The van der Waals surface area contributed by atoms with Crippen molar-refractivity contribution < 1.29 is 48.3 Å². The molecule has 0 aliphatic heterocycles. The molecule has 0 aromatic carbocycles. The zero-order chi connectivity index (χ0) is 81.0. The molecule has 0 bridgehead atoms. The maximum absolute atomic E-state index is 14.9. The molecule has 0 fully saturated rings. The van der Waals surface area contributed by atoms with Crippen LogP contribution in [0.5, 0.6) is 0 Å². The fourth-order valence-electron chi connectivity index (χ4n) is 11.0. The number of hydrogen-bond donors (Lipinski definition) is 25. The van der Waals surface area contributed by atoms with Crippen LogP contribution >= 0.6 is 0 Å². The number of nitrogens with one attached hydrogen (secondary N) is 8. The molecule has 0 aromatic heterocycles. The molecule has 0 spiro atoms. The number of carbonyl (C=O) groups excluding carboxylic acids is 8. The summed E-state index contributed by atoms with van der Waals surface area (Å²) in [4.78, 5) is 160. The van der Waals surface area contributed by atoms with E-state index in [0.29, 0.717) is 6.42 Å². The first-order valence-electron chi connectivity index (χ1n) is 37.4. The second kappa shape index (κ2) is 60.5. The van der Waals surface area contributed by atoms with Crippen molar-refractivity contribution in [3.8, 4) is 0 Å². The summed E-state index contributed by atoms with van der Waals surface area (Å²) in [6.07, 6.45) is 17.0. The van der Waals surface area contributed by atoms with Crippen LogP contribution in [0.15, 0.2) is 39.9 Å². The van der Waals surface area contributed by atoms with Crippen molar-refractivity contribution in [1.29, 1.82) is 0 Å². The van der Waals surface area contributed by atoms with Gasteiger partial charge in [-0.1, -0.05) is 96.8 Å². The van der Waals surface area contributed by atoms with Gasteiger partial charge in [0.25, 0.3) is 0 Å². The van der Waals surface area contributed by atoms with Crippen LogP contribution in [0, 0.1) is 0 Å². The largest absolute Gasteiger partial charge is 0.480 e. The third-order valence-corrected chi connectivity index (χ3v) is 16.6. The second-order valence-electron chi connectivity index (χ2n) is 26.2. The third-order valence-electron chi connectivity index (χ3n) is 16.6. The lowest BCUT2D eigenvalue weighted by Crippen LogP contribution is -2.60. The number of rotatable bonds is 64. The van der Waals surface area contributed by atoms with Crippen LogP contribution in [0.3, 0.4) is 0 Å². The molecule has 108 heavy (non-hydrogen) atoms.